The van der Waals surface area contributed by atoms with Crippen LogP contribution >= 0.6 is 0 Å². The monoisotopic (exact) mass is 417 g/mol. The van der Waals surface area contributed by atoms with Gasteiger partial charge in [-0.15, -0.1) is 0 Å². The molecular weight excluding hydrogens is 390 g/mol. The first kappa shape index (κ1) is 19.9. The molecule has 0 bridgehead atoms. The molecule has 1 N–H and O–H groups in total. The molecule has 160 valence electrons. The number of Topliss-reactive ketones (excluding diaryl/α,β-unsaturated/α-hetero) is 1. The van der Waals surface area contributed by atoms with Crippen molar-refractivity contribution in [2.45, 2.75) is 33.7 Å². The highest BCUT2D eigenvalue weighted by molar-refractivity contribution is 6.15. The van der Waals surface area contributed by atoms with E-state index in [0.29, 0.717) is 41.0 Å². The molecule has 0 amide bonds. The number of nitrogens with zero attached hydrogens (tertiary/aromatic N) is 1. The largest absolute Gasteiger partial charge is 0.507 e. The number of furan rings is 1. The number of carbonyl (C=O) groups excluding carboxylic acids is 1. The molecule has 3 aromatic rings. The number of ketones is 1. The fourth-order valence-corrected chi connectivity index (χ4v) is 5.08. The molecule has 5 rings (SSSR count). The van der Waals surface area contributed by atoms with E-state index in [1.54, 1.807) is 12.1 Å². The molecule has 0 unspecified atom stereocenters. The molecular formula is C26H27NO4. The van der Waals surface area contributed by atoms with Crippen LogP contribution in [-0.2, 0) is 6.54 Å². The van der Waals surface area contributed by atoms with Crippen LogP contribution in [-0.4, -0.2) is 28.9 Å². The highest BCUT2D eigenvalue weighted by Crippen LogP contribution is 2.43. The van der Waals surface area contributed by atoms with Crippen molar-refractivity contribution in [1.29, 1.82) is 0 Å². The number of para-hydroxylation sites is 1. The van der Waals surface area contributed by atoms with Gasteiger partial charge in [-0.2, -0.15) is 0 Å². The van der Waals surface area contributed by atoms with Crippen LogP contribution in [0.4, 0.5) is 0 Å². The smallest absolute Gasteiger partial charge is 0.232 e. The maximum Gasteiger partial charge on any atom is 0.232 e. The van der Waals surface area contributed by atoms with E-state index in [4.69, 9.17) is 9.15 Å². The number of phenols is 1. The molecule has 1 fully saturated rings. The second kappa shape index (κ2) is 7.57. The maximum absolute atomic E-state index is 13.2. The summed E-state index contributed by atoms with van der Waals surface area (Å²) in [6, 6.07) is 11.3. The number of benzene rings is 2. The first-order valence-corrected chi connectivity index (χ1v) is 10.9. The quantitative estimate of drug-likeness (QED) is 0.567. The van der Waals surface area contributed by atoms with Gasteiger partial charge in [0.05, 0.1) is 11.1 Å². The number of piperidine rings is 1. The Morgan fingerprint density at radius 1 is 1.16 bits per heavy atom. The Kier molecular flexibility index (Phi) is 4.86. The molecule has 0 aliphatic carbocycles. The molecule has 5 heteroatoms. The van der Waals surface area contributed by atoms with Crippen molar-refractivity contribution >= 4 is 22.8 Å². The highest BCUT2D eigenvalue weighted by atomic mass is 16.5. The van der Waals surface area contributed by atoms with Crippen molar-refractivity contribution in [3.05, 3.63) is 64.6 Å². The van der Waals surface area contributed by atoms with E-state index >= 15 is 0 Å². The lowest BCUT2D eigenvalue weighted by Gasteiger charge is -2.35. The molecule has 3 heterocycles. The van der Waals surface area contributed by atoms with Gasteiger partial charge in [-0.1, -0.05) is 32.0 Å². The van der Waals surface area contributed by atoms with E-state index in [1.807, 2.05) is 37.3 Å². The van der Waals surface area contributed by atoms with Crippen molar-refractivity contribution in [2.75, 3.05) is 13.1 Å². The first-order valence-electron chi connectivity index (χ1n) is 10.9. The van der Waals surface area contributed by atoms with Crippen LogP contribution in [0.2, 0.25) is 0 Å². The molecule has 2 aromatic carbocycles. The molecule has 1 aromatic heterocycles. The Bertz CT molecular complexity index is 1160. The minimum atomic E-state index is -0.172. The van der Waals surface area contributed by atoms with Gasteiger partial charge < -0.3 is 14.3 Å². The number of hydrogen-bond donors (Lipinski definition) is 1. The maximum atomic E-state index is 13.2. The molecule has 1 saturated heterocycles. The Labute approximate surface area is 181 Å². The molecule has 0 radical (unpaired) electrons. The minimum Gasteiger partial charge on any atom is -0.507 e. The first-order chi connectivity index (χ1) is 14.9. The van der Waals surface area contributed by atoms with E-state index < -0.39 is 0 Å². The summed E-state index contributed by atoms with van der Waals surface area (Å²) in [6.45, 7) is 8.86. The van der Waals surface area contributed by atoms with E-state index in [-0.39, 0.29) is 17.3 Å². The van der Waals surface area contributed by atoms with E-state index in [9.17, 15) is 9.90 Å². The van der Waals surface area contributed by atoms with E-state index in [0.717, 1.165) is 29.6 Å². The Hall–Kier alpha value is -3.05. The molecule has 31 heavy (non-hydrogen) atoms. The van der Waals surface area contributed by atoms with Gasteiger partial charge in [0.15, 0.2) is 5.76 Å². The number of aromatic hydroxyl groups is 1. The summed E-state index contributed by atoms with van der Waals surface area (Å²) in [5, 5.41) is 11.7. The van der Waals surface area contributed by atoms with Crippen LogP contribution in [0.5, 0.6) is 11.5 Å². The van der Waals surface area contributed by atoms with Crippen molar-refractivity contribution in [3.63, 3.8) is 0 Å². The van der Waals surface area contributed by atoms with Crippen LogP contribution in [0.1, 0.15) is 47.5 Å². The number of ether oxygens (including phenoxy) is 1. The predicted octanol–water partition coefficient (Wildman–Crippen LogP) is 5.54. The van der Waals surface area contributed by atoms with Crippen molar-refractivity contribution in [3.8, 4) is 11.5 Å². The van der Waals surface area contributed by atoms with Gasteiger partial charge in [0, 0.05) is 31.1 Å². The molecule has 0 spiro atoms. The van der Waals surface area contributed by atoms with Crippen LogP contribution in [0.15, 0.2) is 46.6 Å². The number of phenolic OH excluding ortho intramolecular Hbond substituents is 1. The molecule has 2 aliphatic heterocycles. The second-order valence-electron chi connectivity index (χ2n) is 9.16. The number of carbonyl (C=O) groups is 1. The minimum absolute atomic E-state index is 0.172. The zero-order chi connectivity index (χ0) is 21.7. The number of allylic oxidation sites excluding steroid dienone is 1. The Morgan fingerprint density at radius 3 is 2.65 bits per heavy atom. The van der Waals surface area contributed by atoms with Crippen molar-refractivity contribution in [2.24, 2.45) is 11.8 Å². The second-order valence-corrected chi connectivity index (χ2v) is 9.16. The standard InChI is InChI=1S/C26H27NO4/c1-15-8-16(2)13-27(12-15)14-20-21(28)9-17(3)24-25(29)23(31-26(20)24)11-19-10-18-6-4-5-7-22(18)30-19/h4-7,9-11,15-16,28H,8,12-14H2,1-3H3/t15-,16+. The van der Waals surface area contributed by atoms with Crippen molar-refractivity contribution in [1.82, 2.24) is 4.90 Å². The van der Waals surface area contributed by atoms with E-state index in [2.05, 4.69) is 18.7 Å². The Morgan fingerprint density at radius 2 is 1.90 bits per heavy atom. The van der Waals surface area contributed by atoms with Gasteiger partial charge in [0.25, 0.3) is 0 Å². The number of hydrogen-bond acceptors (Lipinski definition) is 5. The van der Waals surface area contributed by atoms with Crippen LogP contribution in [0.3, 0.4) is 0 Å². The zero-order valence-electron chi connectivity index (χ0n) is 18.1. The average molecular weight is 418 g/mol. The van der Waals surface area contributed by atoms with E-state index in [1.165, 1.54) is 6.42 Å². The summed E-state index contributed by atoms with van der Waals surface area (Å²) in [6.07, 6.45) is 2.86. The van der Waals surface area contributed by atoms with Gasteiger partial charge in [0.1, 0.15) is 22.8 Å². The van der Waals surface area contributed by atoms with Gasteiger partial charge in [0.2, 0.25) is 5.78 Å². The summed E-state index contributed by atoms with van der Waals surface area (Å²) in [7, 11) is 0. The summed E-state index contributed by atoms with van der Waals surface area (Å²) < 4.78 is 11.9. The fourth-order valence-electron chi connectivity index (χ4n) is 5.08. The van der Waals surface area contributed by atoms with Gasteiger partial charge in [-0.25, -0.2) is 0 Å². The summed E-state index contributed by atoms with van der Waals surface area (Å²) in [4.78, 5) is 15.5. The van der Waals surface area contributed by atoms with Crippen molar-refractivity contribution < 1.29 is 19.1 Å². The normalized spacial score (nSPS) is 22.8. The molecule has 0 saturated carbocycles. The third kappa shape index (κ3) is 3.63. The third-order valence-electron chi connectivity index (χ3n) is 6.26. The van der Waals surface area contributed by atoms with Crippen LogP contribution in [0, 0.1) is 18.8 Å². The number of rotatable bonds is 3. The number of fused-ring (bicyclic) bond motifs is 2. The topological polar surface area (TPSA) is 62.9 Å². The predicted molar refractivity (Wildman–Crippen MR) is 120 cm³/mol. The summed E-state index contributed by atoms with van der Waals surface area (Å²) in [5.74, 6) is 2.50. The van der Waals surface area contributed by atoms with Gasteiger partial charge in [-0.3, -0.25) is 9.69 Å². The number of aryl methyl sites for hydroxylation is 1. The lowest BCUT2D eigenvalue weighted by atomic mass is 9.91. The summed E-state index contributed by atoms with van der Waals surface area (Å²) in [5.41, 5.74) is 2.70. The zero-order valence-corrected chi connectivity index (χ0v) is 18.1. The average Bonchev–Trinajstić information content (AvgIpc) is 3.25. The third-order valence-corrected chi connectivity index (χ3v) is 6.26. The highest BCUT2D eigenvalue weighted by Gasteiger charge is 2.34. The molecule has 2 aliphatic rings. The summed E-state index contributed by atoms with van der Waals surface area (Å²) >= 11 is 0. The fraction of sp³-hybridized carbons (Fsp3) is 0.346. The van der Waals surface area contributed by atoms with Gasteiger partial charge >= 0.3 is 0 Å². The molecule has 2 atom stereocenters. The van der Waals surface area contributed by atoms with Crippen LogP contribution in [0.25, 0.3) is 17.0 Å². The molecule has 5 nitrogen and oxygen atoms in total. The SMILES string of the molecule is Cc1cc(O)c(CN2C[C@H](C)C[C@H](C)C2)c2c1C(=O)C(=Cc1cc3ccccc3o1)O2. The van der Waals surface area contributed by atoms with Gasteiger partial charge in [-0.05, 0) is 48.9 Å². The Balaban J connectivity index is 1.50. The number of likely N-dealkylation sites (tertiary alicyclic amines) is 1. The van der Waals surface area contributed by atoms with Crippen LogP contribution < -0.4 is 4.74 Å². The lowest BCUT2D eigenvalue weighted by Crippen LogP contribution is -2.38. The lowest BCUT2D eigenvalue weighted by molar-refractivity contribution is 0.101.